The van der Waals surface area contributed by atoms with E-state index in [4.69, 9.17) is 4.74 Å². The number of carbonyl (C=O) groups is 1. The number of hydrogen-bond acceptors (Lipinski definition) is 6. The standard InChI is InChI=1S/C16H20N4O4S/c1-11-15(16(21)19(2)12-8-9-25(22,23)10-12)17-18-20(11)13-6-4-5-7-14(13)24-3/h4-7,12H,8-10H2,1-3H3. The van der Waals surface area contributed by atoms with Gasteiger partial charge in [-0.2, -0.15) is 0 Å². The van der Waals surface area contributed by atoms with Gasteiger partial charge in [0.15, 0.2) is 15.5 Å². The fourth-order valence-corrected chi connectivity index (χ4v) is 4.75. The first kappa shape index (κ1) is 17.4. The Kier molecular flexibility index (Phi) is 4.51. The van der Waals surface area contributed by atoms with Crippen molar-refractivity contribution in [3.63, 3.8) is 0 Å². The third kappa shape index (κ3) is 3.23. The van der Waals surface area contributed by atoms with Crippen molar-refractivity contribution in [3.8, 4) is 11.4 Å². The topological polar surface area (TPSA) is 94.4 Å². The van der Waals surface area contributed by atoms with E-state index in [9.17, 15) is 13.2 Å². The molecule has 0 aliphatic carbocycles. The molecule has 0 spiro atoms. The van der Waals surface area contributed by atoms with E-state index < -0.39 is 9.84 Å². The monoisotopic (exact) mass is 364 g/mol. The van der Waals surface area contributed by atoms with Gasteiger partial charge in [-0.1, -0.05) is 17.3 Å². The lowest BCUT2D eigenvalue weighted by molar-refractivity contribution is 0.0741. The first-order valence-electron chi connectivity index (χ1n) is 7.87. The summed E-state index contributed by atoms with van der Waals surface area (Å²) < 4.78 is 30.2. The van der Waals surface area contributed by atoms with E-state index in [2.05, 4.69) is 10.3 Å². The molecule has 9 heteroatoms. The summed E-state index contributed by atoms with van der Waals surface area (Å²) in [6.07, 6.45) is 0.449. The second-order valence-electron chi connectivity index (χ2n) is 6.08. The van der Waals surface area contributed by atoms with Crippen molar-refractivity contribution in [2.45, 2.75) is 19.4 Å². The first-order valence-corrected chi connectivity index (χ1v) is 9.69. The molecule has 1 aliphatic rings. The van der Waals surface area contributed by atoms with Gasteiger partial charge in [-0.05, 0) is 25.5 Å². The first-order chi connectivity index (χ1) is 11.8. The zero-order valence-corrected chi connectivity index (χ0v) is 15.2. The molecule has 3 rings (SSSR count). The van der Waals surface area contributed by atoms with Crippen LogP contribution in [0.1, 0.15) is 22.6 Å². The van der Waals surface area contributed by atoms with Crippen LogP contribution in [0.2, 0.25) is 0 Å². The number of amides is 1. The molecule has 1 aromatic carbocycles. The Morgan fingerprint density at radius 2 is 2.08 bits per heavy atom. The maximum absolute atomic E-state index is 12.7. The van der Waals surface area contributed by atoms with Gasteiger partial charge in [0.1, 0.15) is 11.4 Å². The summed E-state index contributed by atoms with van der Waals surface area (Å²) in [4.78, 5) is 14.2. The minimum absolute atomic E-state index is 0.00503. The van der Waals surface area contributed by atoms with Crippen LogP contribution in [0.3, 0.4) is 0 Å². The molecule has 0 bridgehead atoms. The number of benzene rings is 1. The molecule has 1 aliphatic heterocycles. The molecule has 2 aromatic rings. The number of methoxy groups -OCH3 is 1. The van der Waals surface area contributed by atoms with Gasteiger partial charge in [0, 0.05) is 13.1 Å². The third-order valence-electron chi connectivity index (χ3n) is 4.49. The Bertz CT molecular complexity index is 907. The highest BCUT2D eigenvalue weighted by Crippen LogP contribution is 2.24. The SMILES string of the molecule is COc1ccccc1-n1nnc(C(=O)N(C)C2CCS(=O)(=O)C2)c1C. The van der Waals surface area contributed by atoms with Crippen LogP contribution in [0.5, 0.6) is 5.75 Å². The van der Waals surface area contributed by atoms with Crippen molar-refractivity contribution < 1.29 is 17.9 Å². The molecule has 1 aromatic heterocycles. The number of aromatic nitrogens is 3. The minimum atomic E-state index is -3.06. The highest BCUT2D eigenvalue weighted by atomic mass is 32.2. The van der Waals surface area contributed by atoms with Gasteiger partial charge in [0.05, 0.1) is 24.3 Å². The van der Waals surface area contributed by atoms with E-state index in [1.54, 1.807) is 31.8 Å². The second-order valence-corrected chi connectivity index (χ2v) is 8.31. The number of ether oxygens (including phenoxy) is 1. The van der Waals surface area contributed by atoms with E-state index >= 15 is 0 Å². The number of carbonyl (C=O) groups excluding carboxylic acids is 1. The molecular weight excluding hydrogens is 344 g/mol. The highest BCUT2D eigenvalue weighted by molar-refractivity contribution is 7.91. The summed E-state index contributed by atoms with van der Waals surface area (Å²) in [5.41, 5.74) is 1.46. The average Bonchev–Trinajstić information content (AvgIpc) is 3.15. The van der Waals surface area contributed by atoms with Crippen LogP contribution in [0.4, 0.5) is 0 Å². The highest BCUT2D eigenvalue weighted by Gasteiger charge is 2.34. The van der Waals surface area contributed by atoms with Crippen LogP contribution in [0.25, 0.3) is 5.69 Å². The number of rotatable bonds is 4. The van der Waals surface area contributed by atoms with Gasteiger partial charge in [0.25, 0.3) is 5.91 Å². The van der Waals surface area contributed by atoms with E-state index in [0.717, 1.165) is 0 Å². The van der Waals surface area contributed by atoms with Gasteiger partial charge in [-0.25, -0.2) is 13.1 Å². The Morgan fingerprint density at radius 1 is 1.36 bits per heavy atom. The molecule has 1 amide bonds. The van der Waals surface area contributed by atoms with Gasteiger partial charge in [-0.15, -0.1) is 5.10 Å². The summed E-state index contributed by atoms with van der Waals surface area (Å²) in [6, 6.07) is 6.98. The number of hydrogen-bond donors (Lipinski definition) is 0. The van der Waals surface area contributed by atoms with Crippen LogP contribution in [-0.4, -0.2) is 65.9 Å². The average molecular weight is 364 g/mol. The van der Waals surface area contributed by atoms with Gasteiger partial charge >= 0.3 is 0 Å². The Hall–Kier alpha value is -2.42. The van der Waals surface area contributed by atoms with E-state index in [1.165, 1.54) is 4.90 Å². The van der Waals surface area contributed by atoms with E-state index in [0.29, 0.717) is 23.6 Å². The summed E-state index contributed by atoms with van der Waals surface area (Å²) in [5, 5.41) is 8.09. The number of nitrogens with zero attached hydrogens (tertiary/aromatic N) is 4. The maximum Gasteiger partial charge on any atom is 0.276 e. The van der Waals surface area contributed by atoms with Gasteiger partial charge in [0.2, 0.25) is 0 Å². The normalized spacial score (nSPS) is 18.9. The lowest BCUT2D eigenvalue weighted by Gasteiger charge is -2.22. The molecule has 8 nitrogen and oxygen atoms in total. The fraction of sp³-hybridized carbons (Fsp3) is 0.438. The van der Waals surface area contributed by atoms with Crippen molar-refractivity contribution in [3.05, 3.63) is 35.7 Å². The zero-order chi connectivity index (χ0) is 18.2. The maximum atomic E-state index is 12.7. The van der Waals surface area contributed by atoms with Crippen molar-refractivity contribution in [2.24, 2.45) is 0 Å². The van der Waals surface area contributed by atoms with Crippen molar-refractivity contribution in [2.75, 3.05) is 25.7 Å². The van der Waals surface area contributed by atoms with E-state index in [1.807, 2.05) is 18.2 Å². The van der Waals surface area contributed by atoms with Gasteiger partial charge in [-0.3, -0.25) is 4.79 Å². The molecule has 1 fully saturated rings. The zero-order valence-electron chi connectivity index (χ0n) is 14.3. The summed E-state index contributed by atoms with van der Waals surface area (Å²) in [5.74, 6) is 0.391. The molecular formula is C16H20N4O4S. The second kappa shape index (κ2) is 6.47. The van der Waals surface area contributed by atoms with E-state index in [-0.39, 0.29) is 29.1 Å². The van der Waals surface area contributed by atoms with Gasteiger partial charge < -0.3 is 9.64 Å². The number of para-hydroxylation sites is 2. The van der Waals surface area contributed by atoms with Crippen LogP contribution in [-0.2, 0) is 9.84 Å². The van der Waals surface area contributed by atoms with Crippen LogP contribution >= 0.6 is 0 Å². The van der Waals surface area contributed by atoms with Crippen molar-refractivity contribution in [1.29, 1.82) is 0 Å². The van der Waals surface area contributed by atoms with Crippen LogP contribution in [0, 0.1) is 6.92 Å². The lowest BCUT2D eigenvalue weighted by Crippen LogP contribution is -2.38. The smallest absolute Gasteiger partial charge is 0.276 e. The van der Waals surface area contributed by atoms with Crippen LogP contribution in [0.15, 0.2) is 24.3 Å². The molecule has 0 saturated carbocycles. The predicted octanol–water partition coefficient (Wildman–Crippen LogP) is 0.843. The Morgan fingerprint density at radius 3 is 2.72 bits per heavy atom. The predicted molar refractivity (Wildman–Crippen MR) is 91.8 cm³/mol. The largest absolute Gasteiger partial charge is 0.494 e. The minimum Gasteiger partial charge on any atom is -0.494 e. The molecule has 0 N–H and O–H groups in total. The third-order valence-corrected chi connectivity index (χ3v) is 6.24. The number of sulfone groups is 1. The van der Waals surface area contributed by atoms with Crippen molar-refractivity contribution in [1.82, 2.24) is 19.9 Å². The quantitative estimate of drug-likeness (QED) is 0.798. The molecule has 1 atom stereocenters. The molecule has 1 unspecified atom stereocenters. The molecule has 2 heterocycles. The molecule has 0 radical (unpaired) electrons. The summed E-state index contributed by atoms with van der Waals surface area (Å²) >= 11 is 0. The summed E-state index contributed by atoms with van der Waals surface area (Å²) in [7, 11) is 0.103. The summed E-state index contributed by atoms with van der Waals surface area (Å²) in [6.45, 7) is 1.75. The Labute approximate surface area is 146 Å². The molecule has 1 saturated heterocycles. The van der Waals surface area contributed by atoms with Crippen molar-refractivity contribution >= 4 is 15.7 Å². The Balaban J connectivity index is 1.89. The molecule has 25 heavy (non-hydrogen) atoms. The lowest BCUT2D eigenvalue weighted by atomic mass is 10.2. The van der Waals surface area contributed by atoms with Crippen LogP contribution < -0.4 is 4.74 Å². The fourth-order valence-electron chi connectivity index (χ4n) is 2.97. The molecule has 134 valence electrons.